The Morgan fingerprint density at radius 3 is 2.44 bits per heavy atom. The van der Waals surface area contributed by atoms with E-state index >= 15 is 0 Å². The van der Waals surface area contributed by atoms with Gasteiger partial charge in [0.25, 0.3) is 5.91 Å². The number of nitrogens with one attached hydrogen (secondary N) is 1. The third kappa shape index (κ3) is 6.19. The van der Waals surface area contributed by atoms with Crippen LogP contribution in [0, 0.1) is 25.5 Å². The van der Waals surface area contributed by atoms with Gasteiger partial charge in [-0.05, 0) is 87.1 Å². The van der Waals surface area contributed by atoms with E-state index in [1.165, 1.54) is 28.3 Å². The Labute approximate surface area is 240 Å². The summed E-state index contributed by atoms with van der Waals surface area (Å²) in [5, 5.41) is 2.84. The number of hydrogen-bond acceptors (Lipinski definition) is 4. The number of halogens is 2. The van der Waals surface area contributed by atoms with Crippen LogP contribution >= 0.6 is 0 Å². The second kappa shape index (κ2) is 12.5. The molecule has 3 amide bonds. The molecule has 1 N–H and O–H groups in total. The minimum atomic E-state index is -1.03. The zero-order valence-corrected chi connectivity index (χ0v) is 23.7. The summed E-state index contributed by atoms with van der Waals surface area (Å²) >= 11 is 0. The Balaban J connectivity index is 1.18. The summed E-state index contributed by atoms with van der Waals surface area (Å²) in [6.45, 7) is 7.20. The van der Waals surface area contributed by atoms with Crippen LogP contribution in [0.5, 0.6) is 0 Å². The highest BCUT2D eigenvalue weighted by atomic mass is 19.2. The minimum Gasteiger partial charge on any atom is -0.369 e. The van der Waals surface area contributed by atoms with Gasteiger partial charge in [0, 0.05) is 12.0 Å². The molecule has 5 rings (SSSR count). The molecule has 0 radical (unpaired) electrons. The molecule has 1 atom stereocenters. The molecule has 0 saturated carbocycles. The topological polar surface area (TPSA) is 61.9 Å². The molecule has 6 nitrogen and oxygen atoms in total. The number of likely N-dealkylation sites (tertiary alicyclic amines) is 1. The molecule has 0 aromatic heterocycles. The fourth-order valence-electron chi connectivity index (χ4n) is 6.23. The summed E-state index contributed by atoms with van der Waals surface area (Å²) in [5.41, 5.74) is 5.59. The van der Waals surface area contributed by atoms with Crippen molar-refractivity contribution < 1.29 is 23.1 Å². The van der Waals surface area contributed by atoms with Crippen molar-refractivity contribution in [1.82, 2.24) is 15.1 Å². The molecule has 2 aliphatic rings. The molecule has 0 aliphatic carbocycles. The van der Waals surface area contributed by atoms with Gasteiger partial charge < -0.3 is 15.0 Å². The van der Waals surface area contributed by atoms with Crippen molar-refractivity contribution in [1.29, 1.82) is 0 Å². The maximum Gasteiger partial charge on any atom is 0.324 e. The first kappa shape index (κ1) is 28.9. The van der Waals surface area contributed by atoms with Crippen molar-refractivity contribution >= 4 is 11.9 Å². The summed E-state index contributed by atoms with van der Waals surface area (Å²) in [5.74, 6) is -2.53. The van der Waals surface area contributed by atoms with Crippen LogP contribution in [-0.2, 0) is 14.9 Å². The Hall–Kier alpha value is -3.62. The van der Waals surface area contributed by atoms with Gasteiger partial charge in [0.1, 0.15) is 6.61 Å². The number of aryl methyl sites for hydroxylation is 2. The SMILES string of the molecule is Cc1ccc(C2(c3ccccc3C)CCN(CCCNC(=O)N3C(=O)COCC3c3ccc(F)c(F)c3)CC2)cc1. The van der Waals surface area contributed by atoms with Gasteiger partial charge >= 0.3 is 6.03 Å². The highest BCUT2D eigenvalue weighted by molar-refractivity contribution is 5.96. The number of nitrogens with zero attached hydrogens (tertiary/aromatic N) is 2. The number of benzene rings is 3. The van der Waals surface area contributed by atoms with Crippen LogP contribution in [0.15, 0.2) is 66.7 Å². The van der Waals surface area contributed by atoms with Crippen molar-refractivity contribution in [2.75, 3.05) is 39.4 Å². The van der Waals surface area contributed by atoms with Crippen LogP contribution in [0.3, 0.4) is 0 Å². The molecule has 0 bridgehead atoms. The largest absolute Gasteiger partial charge is 0.369 e. The number of urea groups is 1. The minimum absolute atomic E-state index is 0.0294. The van der Waals surface area contributed by atoms with Crippen LogP contribution in [-0.4, -0.2) is 61.1 Å². The average Bonchev–Trinajstić information content (AvgIpc) is 2.97. The van der Waals surface area contributed by atoms with Crippen LogP contribution in [0.25, 0.3) is 0 Å². The number of carbonyl (C=O) groups is 2. The van der Waals surface area contributed by atoms with E-state index < -0.39 is 29.6 Å². The third-order valence-corrected chi connectivity index (χ3v) is 8.53. The average molecular weight is 562 g/mol. The maximum atomic E-state index is 13.8. The van der Waals surface area contributed by atoms with Gasteiger partial charge in [0.15, 0.2) is 11.6 Å². The van der Waals surface area contributed by atoms with E-state index in [1.54, 1.807) is 0 Å². The number of piperidine rings is 1. The number of rotatable bonds is 7. The van der Waals surface area contributed by atoms with Crippen molar-refractivity contribution in [3.63, 3.8) is 0 Å². The lowest BCUT2D eigenvalue weighted by Gasteiger charge is -2.43. The van der Waals surface area contributed by atoms with E-state index in [0.717, 1.165) is 55.9 Å². The molecule has 1 unspecified atom stereocenters. The molecular formula is C33H37F2N3O3. The molecule has 8 heteroatoms. The second-order valence-corrected chi connectivity index (χ2v) is 11.2. The van der Waals surface area contributed by atoms with Gasteiger partial charge in [-0.3, -0.25) is 9.69 Å². The summed E-state index contributed by atoms with van der Waals surface area (Å²) in [7, 11) is 0. The summed E-state index contributed by atoms with van der Waals surface area (Å²) < 4.78 is 32.6. The van der Waals surface area contributed by atoms with Crippen LogP contribution < -0.4 is 5.32 Å². The van der Waals surface area contributed by atoms with Crippen LogP contribution in [0.4, 0.5) is 13.6 Å². The van der Waals surface area contributed by atoms with Crippen LogP contribution in [0.1, 0.15) is 53.1 Å². The molecule has 0 spiro atoms. The first-order chi connectivity index (χ1) is 19.8. The predicted octanol–water partition coefficient (Wildman–Crippen LogP) is 5.66. The Kier molecular flexibility index (Phi) is 8.80. The van der Waals surface area contributed by atoms with E-state index in [9.17, 15) is 18.4 Å². The van der Waals surface area contributed by atoms with E-state index in [2.05, 4.69) is 72.6 Å². The molecule has 2 saturated heterocycles. The monoisotopic (exact) mass is 561 g/mol. The number of morpholine rings is 1. The maximum absolute atomic E-state index is 13.8. The van der Waals surface area contributed by atoms with Gasteiger partial charge in [0.2, 0.25) is 0 Å². The highest BCUT2D eigenvalue weighted by Gasteiger charge is 2.39. The Morgan fingerprint density at radius 2 is 1.73 bits per heavy atom. The zero-order valence-electron chi connectivity index (χ0n) is 23.7. The first-order valence-corrected chi connectivity index (χ1v) is 14.3. The highest BCUT2D eigenvalue weighted by Crippen LogP contribution is 2.43. The van der Waals surface area contributed by atoms with Gasteiger partial charge in [-0.15, -0.1) is 0 Å². The number of imide groups is 1. The Bertz CT molecular complexity index is 1390. The van der Waals surface area contributed by atoms with E-state index in [-0.39, 0.29) is 18.6 Å². The number of ether oxygens (including phenoxy) is 1. The van der Waals surface area contributed by atoms with E-state index in [1.807, 2.05) is 0 Å². The fraction of sp³-hybridized carbons (Fsp3) is 0.394. The van der Waals surface area contributed by atoms with Crippen molar-refractivity contribution in [3.8, 4) is 0 Å². The third-order valence-electron chi connectivity index (χ3n) is 8.53. The molecule has 2 aliphatic heterocycles. The van der Waals surface area contributed by atoms with E-state index in [4.69, 9.17) is 4.74 Å². The normalized spacial score (nSPS) is 19.3. The lowest BCUT2D eigenvalue weighted by molar-refractivity contribution is -0.143. The van der Waals surface area contributed by atoms with Crippen LogP contribution in [0.2, 0.25) is 0 Å². The lowest BCUT2D eigenvalue weighted by atomic mass is 9.67. The first-order valence-electron chi connectivity index (χ1n) is 14.3. The van der Waals surface area contributed by atoms with E-state index in [0.29, 0.717) is 12.1 Å². The molecule has 216 valence electrons. The number of hydrogen-bond donors (Lipinski definition) is 1. The molecule has 2 fully saturated rings. The standard InChI is InChI=1S/C33H37F2N3O3/c1-23-8-11-26(12-9-23)33(27-7-4-3-6-24(27)2)14-18-37(19-15-33)17-5-16-36-32(40)38-30(21-41-22-31(38)39)25-10-13-28(34)29(35)20-25/h3-4,6-13,20,30H,5,14-19,21-22H2,1-2H3,(H,36,40). The molecule has 41 heavy (non-hydrogen) atoms. The summed E-state index contributed by atoms with van der Waals surface area (Å²) in [4.78, 5) is 29.1. The van der Waals surface area contributed by atoms with Crippen molar-refractivity contribution in [2.45, 2.75) is 44.6 Å². The van der Waals surface area contributed by atoms with Crippen molar-refractivity contribution in [3.05, 3.63) is 106 Å². The van der Waals surface area contributed by atoms with Gasteiger partial charge in [-0.1, -0.05) is 60.2 Å². The molecule has 2 heterocycles. The summed E-state index contributed by atoms with van der Waals surface area (Å²) in [6.07, 6.45) is 2.74. The predicted molar refractivity (Wildman–Crippen MR) is 154 cm³/mol. The van der Waals surface area contributed by atoms with Crippen molar-refractivity contribution in [2.24, 2.45) is 0 Å². The molecule has 3 aromatic carbocycles. The fourth-order valence-corrected chi connectivity index (χ4v) is 6.23. The quantitative estimate of drug-likeness (QED) is 0.378. The van der Waals surface area contributed by atoms with Gasteiger partial charge in [-0.2, -0.15) is 0 Å². The molecule has 3 aromatic rings. The smallest absolute Gasteiger partial charge is 0.324 e. The zero-order chi connectivity index (χ0) is 29.0. The number of amides is 3. The lowest BCUT2D eigenvalue weighted by Crippen LogP contribution is -2.52. The molecular weight excluding hydrogens is 524 g/mol. The number of carbonyl (C=O) groups excluding carboxylic acids is 2. The summed E-state index contributed by atoms with van der Waals surface area (Å²) in [6, 6.07) is 19.6. The second-order valence-electron chi connectivity index (χ2n) is 11.2. The Morgan fingerprint density at radius 1 is 1.00 bits per heavy atom. The van der Waals surface area contributed by atoms with Gasteiger partial charge in [0.05, 0.1) is 12.6 Å². The van der Waals surface area contributed by atoms with Gasteiger partial charge in [-0.25, -0.2) is 13.6 Å².